The van der Waals surface area contributed by atoms with Crippen molar-refractivity contribution >= 4 is 32.3 Å². The highest BCUT2D eigenvalue weighted by Crippen LogP contribution is 2.32. The van der Waals surface area contributed by atoms with E-state index in [1.54, 1.807) is 13.2 Å². The molecule has 0 spiro atoms. The molecule has 0 radical (unpaired) electrons. The molecular formula is C10H11BrN4O3S. The van der Waals surface area contributed by atoms with E-state index < -0.39 is 4.92 Å². The van der Waals surface area contributed by atoms with E-state index in [4.69, 9.17) is 4.74 Å². The molecule has 2 rings (SSSR count). The van der Waals surface area contributed by atoms with Crippen LogP contribution in [-0.4, -0.2) is 33.4 Å². The van der Waals surface area contributed by atoms with Gasteiger partial charge in [0.25, 0.3) is 0 Å². The molecule has 0 fully saturated rings. The van der Waals surface area contributed by atoms with Crippen LogP contribution in [0.4, 0.5) is 5.00 Å². The number of hydrogen-bond acceptors (Lipinski definition) is 6. The van der Waals surface area contributed by atoms with Crippen molar-refractivity contribution in [3.8, 4) is 10.7 Å². The molecule has 2 heterocycles. The molecule has 2 aromatic heterocycles. The fourth-order valence-electron chi connectivity index (χ4n) is 1.58. The minimum atomic E-state index is -0.407. The minimum absolute atomic E-state index is 0.0942. The van der Waals surface area contributed by atoms with Crippen molar-refractivity contribution in [1.82, 2.24) is 14.8 Å². The third kappa shape index (κ3) is 2.99. The summed E-state index contributed by atoms with van der Waals surface area (Å²) in [6.07, 6.45) is 0. The highest BCUT2D eigenvalue weighted by molar-refractivity contribution is 9.08. The van der Waals surface area contributed by atoms with Crippen molar-refractivity contribution < 1.29 is 9.66 Å². The van der Waals surface area contributed by atoms with Crippen molar-refractivity contribution in [2.75, 3.05) is 13.7 Å². The van der Waals surface area contributed by atoms with Crippen molar-refractivity contribution in [2.24, 2.45) is 0 Å². The van der Waals surface area contributed by atoms with Crippen LogP contribution in [0.25, 0.3) is 10.7 Å². The molecule has 0 saturated heterocycles. The van der Waals surface area contributed by atoms with Gasteiger partial charge >= 0.3 is 5.00 Å². The summed E-state index contributed by atoms with van der Waals surface area (Å²) in [4.78, 5) is 11.0. The summed E-state index contributed by atoms with van der Waals surface area (Å²) in [7, 11) is 1.62. The number of ether oxygens (including phenoxy) is 1. The first-order chi connectivity index (χ1) is 9.17. The third-order valence-corrected chi connectivity index (χ3v) is 3.99. The van der Waals surface area contributed by atoms with Gasteiger partial charge in [-0.05, 0) is 6.07 Å². The van der Waals surface area contributed by atoms with Gasteiger partial charge < -0.3 is 9.30 Å². The van der Waals surface area contributed by atoms with Crippen LogP contribution in [0.2, 0.25) is 0 Å². The molecule has 19 heavy (non-hydrogen) atoms. The number of thiophene rings is 1. The van der Waals surface area contributed by atoms with Crippen LogP contribution in [0.5, 0.6) is 0 Å². The predicted molar refractivity (Wildman–Crippen MR) is 74.5 cm³/mol. The quantitative estimate of drug-likeness (QED) is 0.455. The van der Waals surface area contributed by atoms with Crippen molar-refractivity contribution in [3.05, 3.63) is 28.1 Å². The number of aromatic nitrogens is 3. The Morgan fingerprint density at radius 3 is 2.89 bits per heavy atom. The number of halogens is 1. The predicted octanol–water partition coefficient (Wildman–Crippen LogP) is 2.46. The fourth-order valence-corrected chi connectivity index (χ4v) is 2.81. The summed E-state index contributed by atoms with van der Waals surface area (Å²) in [5.41, 5.74) is 0. The van der Waals surface area contributed by atoms with E-state index in [0.717, 1.165) is 22.0 Å². The largest absolute Gasteiger partial charge is 0.383 e. The lowest BCUT2D eigenvalue weighted by atomic mass is 10.4. The van der Waals surface area contributed by atoms with Crippen molar-refractivity contribution in [1.29, 1.82) is 0 Å². The lowest BCUT2D eigenvalue weighted by Crippen LogP contribution is -2.08. The van der Waals surface area contributed by atoms with E-state index in [-0.39, 0.29) is 5.00 Å². The maximum Gasteiger partial charge on any atom is 0.324 e. The Kier molecular flexibility index (Phi) is 4.61. The number of nitrogens with zero attached hydrogens (tertiary/aromatic N) is 4. The van der Waals surface area contributed by atoms with Gasteiger partial charge in [0.2, 0.25) is 0 Å². The number of hydrogen-bond donors (Lipinski definition) is 0. The van der Waals surface area contributed by atoms with Gasteiger partial charge in [-0.3, -0.25) is 10.1 Å². The minimum Gasteiger partial charge on any atom is -0.383 e. The van der Waals surface area contributed by atoms with E-state index >= 15 is 0 Å². The summed E-state index contributed by atoms with van der Waals surface area (Å²) >= 11 is 4.43. The molecule has 0 saturated carbocycles. The van der Waals surface area contributed by atoms with E-state index in [1.165, 1.54) is 6.07 Å². The molecule has 102 valence electrons. The lowest BCUT2D eigenvalue weighted by Gasteiger charge is -2.06. The second-order valence-electron chi connectivity index (χ2n) is 3.61. The highest BCUT2D eigenvalue weighted by Gasteiger charge is 2.18. The van der Waals surface area contributed by atoms with Gasteiger partial charge in [0.15, 0.2) is 5.82 Å². The first-order valence-electron chi connectivity index (χ1n) is 5.39. The second kappa shape index (κ2) is 6.22. The van der Waals surface area contributed by atoms with Crippen molar-refractivity contribution in [3.63, 3.8) is 0 Å². The van der Waals surface area contributed by atoms with Gasteiger partial charge in [-0.2, -0.15) is 0 Å². The van der Waals surface area contributed by atoms with E-state index in [2.05, 4.69) is 26.1 Å². The van der Waals surface area contributed by atoms with Crippen LogP contribution in [0.15, 0.2) is 12.1 Å². The smallest absolute Gasteiger partial charge is 0.324 e. The SMILES string of the molecule is COCCn1c(CBr)nnc1-c1ccc([N+](=O)[O-])s1. The number of rotatable bonds is 6. The lowest BCUT2D eigenvalue weighted by molar-refractivity contribution is -0.380. The van der Waals surface area contributed by atoms with Crippen LogP contribution >= 0.6 is 27.3 Å². The molecule has 9 heteroatoms. The monoisotopic (exact) mass is 346 g/mol. The first-order valence-corrected chi connectivity index (χ1v) is 7.32. The molecule has 0 aliphatic heterocycles. The number of methoxy groups -OCH3 is 1. The first kappa shape index (κ1) is 14.1. The van der Waals surface area contributed by atoms with Crippen LogP contribution in [0.1, 0.15) is 5.82 Å². The topological polar surface area (TPSA) is 83.1 Å². The highest BCUT2D eigenvalue weighted by atomic mass is 79.9. The summed E-state index contributed by atoms with van der Waals surface area (Å²) in [5, 5.41) is 19.5. The Morgan fingerprint density at radius 1 is 1.53 bits per heavy atom. The molecule has 0 aromatic carbocycles. The molecule has 0 amide bonds. The average Bonchev–Trinajstić information content (AvgIpc) is 3.02. The zero-order chi connectivity index (χ0) is 13.8. The van der Waals surface area contributed by atoms with Crippen LogP contribution in [0.3, 0.4) is 0 Å². The third-order valence-electron chi connectivity index (χ3n) is 2.46. The summed E-state index contributed by atoms with van der Waals surface area (Å²) in [6.45, 7) is 1.13. The van der Waals surface area contributed by atoms with E-state index in [9.17, 15) is 10.1 Å². The van der Waals surface area contributed by atoms with Gasteiger partial charge in [0.05, 0.1) is 21.7 Å². The summed E-state index contributed by atoms with van der Waals surface area (Å²) in [5.74, 6) is 1.40. The molecule has 7 nitrogen and oxygen atoms in total. The van der Waals surface area contributed by atoms with Crippen LogP contribution in [-0.2, 0) is 16.6 Å². The molecule has 0 N–H and O–H groups in total. The summed E-state index contributed by atoms with van der Waals surface area (Å²) in [6, 6.07) is 3.16. The van der Waals surface area contributed by atoms with Gasteiger partial charge in [-0.1, -0.05) is 27.3 Å². The standard InChI is InChI=1S/C10H11BrN4O3S/c1-18-5-4-14-8(6-11)12-13-10(14)7-2-3-9(19-7)15(16)17/h2-3H,4-6H2,1H3. The normalized spacial score (nSPS) is 10.8. The zero-order valence-electron chi connectivity index (χ0n) is 10.1. The second-order valence-corrected chi connectivity index (χ2v) is 5.24. The molecule has 0 unspecified atom stereocenters. The Hall–Kier alpha value is -1.32. The zero-order valence-corrected chi connectivity index (χ0v) is 12.5. The van der Waals surface area contributed by atoms with Gasteiger partial charge in [0, 0.05) is 19.7 Å². The maximum absolute atomic E-state index is 10.7. The molecule has 0 aliphatic rings. The Morgan fingerprint density at radius 2 is 2.32 bits per heavy atom. The molecule has 0 aliphatic carbocycles. The van der Waals surface area contributed by atoms with Crippen molar-refractivity contribution in [2.45, 2.75) is 11.9 Å². The Balaban J connectivity index is 2.37. The maximum atomic E-state index is 10.7. The van der Waals surface area contributed by atoms with Gasteiger partial charge in [-0.25, -0.2) is 0 Å². The molecule has 0 bridgehead atoms. The Bertz CT molecular complexity index is 583. The Labute approximate surface area is 121 Å². The van der Waals surface area contributed by atoms with E-state index in [0.29, 0.717) is 24.3 Å². The van der Waals surface area contributed by atoms with Gasteiger partial charge in [0.1, 0.15) is 5.82 Å². The van der Waals surface area contributed by atoms with E-state index in [1.807, 2.05) is 4.57 Å². The van der Waals surface area contributed by atoms with Crippen LogP contribution in [0, 0.1) is 10.1 Å². The summed E-state index contributed by atoms with van der Waals surface area (Å²) < 4.78 is 6.95. The molecular weight excluding hydrogens is 336 g/mol. The average molecular weight is 347 g/mol. The molecule has 2 aromatic rings. The number of alkyl halides is 1. The fraction of sp³-hybridized carbons (Fsp3) is 0.400. The molecule has 0 atom stereocenters. The van der Waals surface area contributed by atoms with Gasteiger partial charge in [-0.15, -0.1) is 10.2 Å². The van der Waals surface area contributed by atoms with Crippen LogP contribution < -0.4 is 0 Å². The number of nitro groups is 1.